The van der Waals surface area contributed by atoms with E-state index in [0.717, 1.165) is 28.3 Å². The molecule has 0 saturated carbocycles. The van der Waals surface area contributed by atoms with E-state index in [1.54, 1.807) is 12.1 Å². The molecule has 7 nitrogen and oxygen atoms in total. The molecule has 3 heterocycles. The Bertz CT molecular complexity index is 1310. The van der Waals surface area contributed by atoms with Crippen molar-refractivity contribution in [3.63, 3.8) is 0 Å². The minimum absolute atomic E-state index is 0.150. The molecule has 0 saturated heterocycles. The Morgan fingerprint density at radius 1 is 1.12 bits per heavy atom. The zero-order valence-electron chi connectivity index (χ0n) is 18.8. The van der Waals surface area contributed by atoms with Crippen LogP contribution in [-0.2, 0) is 13.0 Å². The second kappa shape index (κ2) is 8.90. The van der Waals surface area contributed by atoms with E-state index in [1.165, 1.54) is 6.07 Å². The van der Waals surface area contributed by atoms with Crippen molar-refractivity contribution in [2.75, 3.05) is 11.4 Å². The molecule has 0 bridgehead atoms. The van der Waals surface area contributed by atoms with Gasteiger partial charge in [-0.1, -0.05) is 38.1 Å². The highest BCUT2D eigenvalue weighted by Crippen LogP contribution is 2.30. The molecule has 1 N–H and O–H groups in total. The van der Waals surface area contributed by atoms with Gasteiger partial charge in [0.1, 0.15) is 11.6 Å². The van der Waals surface area contributed by atoms with Crippen LogP contribution in [0.5, 0.6) is 0 Å². The van der Waals surface area contributed by atoms with Crippen LogP contribution in [-0.4, -0.2) is 31.5 Å². The smallest absolute Gasteiger partial charge is 0.272 e. The number of fused-ring (bicyclic) bond motifs is 2. The predicted molar refractivity (Wildman–Crippen MR) is 123 cm³/mol. The summed E-state index contributed by atoms with van der Waals surface area (Å²) in [6, 6.07) is 12.7. The molecule has 0 radical (unpaired) electrons. The summed E-state index contributed by atoms with van der Waals surface area (Å²) in [7, 11) is 0. The van der Waals surface area contributed by atoms with Crippen molar-refractivity contribution < 1.29 is 4.39 Å². The molecule has 0 fully saturated rings. The van der Waals surface area contributed by atoms with Crippen molar-refractivity contribution in [2.24, 2.45) is 0 Å². The lowest BCUT2D eigenvalue weighted by Crippen LogP contribution is -2.37. The first-order valence-corrected chi connectivity index (χ1v) is 10.9. The zero-order valence-corrected chi connectivity index (χ0v) is 18.8. The van der Waals surface area contributed by atoms with Gasteiger partial charge in [-0.3, -0.25) is 4.79 Å². The summed E-state index contributed by atoms with van der Waals surface area (Å²) in [6.45, 7) is 9.20. The van der Waals surface area contributed by atoms with Crippen LogP contribution in [0.3, 0.4) is 0 Å². The molecular formula is C24H27FN6O. The molecule has 0 amide bonds. The lowest BCUT2D eigenvalue weighted by atomic mass is 10.0. The Kier molecular flexibility index (Phi) is 6.03. The molecule has 5 rings (SSSR count). The number of nitrogens with one attached hydrogen (secondary N) is 1. The van der Waals surface area contributed by atoms with Gasteiger partial charge in [-0.25, -0.2) is 9.49 Å². The monoisotopic (exact) mass is 434 g/mol. The van der Waals surface area contributed by atoms with Gasteiger partial charge in [0.2, 0.25) is 0 Å². The Morgan fingerprint density at radius 2 is 1.88 bits per heavy atom. The summed E-state index contributed by atoms with van der Waals surface area (Å²) in [5, 5.41) is 16.6. The number of hydrogen-bond donors (Lipinski definition) is 1. The van der Waals surface area contributed by atoms with E-state index in [9.17, 15) is 9.18 Å². The van der Waals surface area contributed by atoms with Crippen molar-refractivity contribution >= 4 is 16.5 Å². The average molecular weight is 435 g/mol. The summed E-state index contributed by atoms with van der Waals surface area (Å²) in [5.74, 6) is 1.45. The number of halogens is 1. The van der Waals surface area contributed by atoms with Gasteiger partial charge in [0.15, 0.2) is 5.82 Å². The highest BCUT2D eigenvalue weighted by Gasteiger charge is 2.27. The SMILES string of the molecule is CC.Cc1nnc2n1C(C)CN(c1cc(Cc3n[nH]c(=O)c4ccccc34)ccc1F)C2. The third-order valence-corrected chi connectivity index (χ3v) is 5.69. The van der Waals surface area contributed by atoms with Gasteiger partial charge in [0.05, 0.1) is 29.4 Å². The van der Waals surface area contributed by atoms with Gasteiger partial charge < -0.3 is 9.47 Å². The van der Waals surface area contributed by atoms with Crippen LogP contribution in [0.25, 0.3) is 10.8 Å². The number of H-pyrrole nitrogens is 1. The van der Waals surface area contributed by atoms with E-state index in [-0.39, 0.29) is 17.4 Å². The first-order valence-electron chi connectivity index (χ1n) is 10.9. The van der Waals surface area contributed by atoms with Crippen molar-refractivity contribution in [1.29, 1.82) is 0 Å². The number of aromatic amines is 1. The Morgan fingerprint density at radius 3 is 2.66 bits per heavy atom. The first-order chi connectivity index (χ1) is 15.5. The fourth-order valence-electron chi connectivity index (χ4n) is 4.32. The maximum Gasteiger partial charge on any atom is 0.272 e. The lowest BCUT2D eigenvalue weighted by Gasteiger charge is -2.34. The molecular weight excluding hydrogens is 407 g/mol. The molecule has 2 aromatic carbocycles. The Balaban J connectivity index is 0.00000119. The molecule has 4 aromatic rings. The van der Waals surface area contributed by atoms with Crippen LogP contribution >= 0.6 is 0 Å². The van der Waals surface area contributed by atoms with Crippen molar-refractivity contribution in [3.8, 4) is 0 Å². The number of nitrogens with zero attached hydrogens (tertiary/aromatic N) is 5. The standard InChI is InChI=1S/C22H21FN6O.C2H6/c1-13-11-28(12-21-26-24-14(2)29(13)21)20-10-15(7-8-18(20)23)9-19-16-5-3-4-6-17(16)22(30)27-25-19;1-2/h3-8,10,13H,9,11-12H2,1-2H3,(H,27,30);1-2H3. The van der Waals surface area contributed by atoms with Gasteiger partial charge in [-0.2, -0.15) is 5.10 Å². The Labute approximate surface area is 185 Å². The number of aryl methyl sites for hydroxylation is 1. The van der Waals surface area contributed by atoms with Crippen LogP contribution in [0.2, 0.25) is 0 Å². The zero-order chi connectivity index (χ0) is 22.8. The van der Waals surface area contributed by atoms with Crippen molar-refractivity contribution in [1.82, 2.24) is 25.0 Å². The first kappa shape index (κ1) is 21.7. The summed E-state index contributed by atoms with van der Waals surface area (Å²) in [4.78, 5) is 14.0. The lowest BCUT2D eigenvalue weighted by molar-refractivity contribution is 0.450. The largest absolute Gasteiger partial charge is 0.360 e. The number of rotatable bonds is 3. The molecule has 32 heavy (non-hydrogen) atoms. The van der Waals surface area contributed by atoms with Crippen molar-refractivity contribution in [2.45, 2.75) is 46.7 Å². The summed E-state index contributed by atoms with van der Waals surface area (Å²) in [5.41, 5.74) is 2.01. The number of hydrogen-bond acceptors (Lipinski definition) is 5. The van der Waals surface area contributed by atoms with Crippen LogP contribution in [0.15, 0.2) is 47.3 Å². The van der Waals surface area contributed by atoms with Crippen LogP contribution < -0.4 is 10.5 Å². The minimum Gasteiger partial charge on any atom is -0.360 e. The maximum absolute atomic E-state index is 14.8. The van der Waals surface area contributed by atoms with E-state index in [2.05, 4.69) is 31.9 Å². The van der Waals surface area contributed by atoms with Gasteiger partial charge in [-0.05, 0) is 37.6 Å². The summed E-state index contributed by atoms with van der Waals surface area (Å²) >= 11 is 0. The normalized spacial score (nSPS) is 15.3. The molecule has 0 aliphatic carbocycles. The summed E-state index contributed by atoms with van der Waals surface area (Å²) < 4.78 is 16.9. The van der Waals surface area contributed by atoms with Crippen LogP contribution in [0, 0.1) is 12.7 Å². The molecule has 1 unspecified atom stereocenters. The Hall–Kier alpha value is -3.55. The third kappa shape index (κ3) is 3.88. The predicted octanol–water partition coefficient (Wildman–Crippen LogP) is 4.16. The summed E-state index contributed by atoms with van der Waals surface area (Å²) in [6.07, 6.45) is 0.489. The van der Waals surface area contributed by atoms with E-state index in [0.29, 0.717) is 30.6 Å². The second-order valence-electron chi connectivity index (χ2n) is 7.77. The number of aromatic nitrogens is 5. The number of benzene rings is 2. The molecule has 166 valence electrons. The quantitative estimate of drug-likeness (QED) is 0.524. The molecule has 8 heteroatoms. The molecule has 1 aliphatic rings. The molecule has 0 spiro atoms. The number of anilines is 1. The minimum atomic E-state index is -0.269. The highest BCUT2D eigenvalue weighted by atomic mass is 19.1. The molecule has 1 atom stereocenters. The average Bonchev–Trinajstić information content (AvgIpc) is 3.19. The van der Waals surface area contributed by atoms with E-state index < -0.39 is 0 Å². The third-order valence-electron chi connectivity index (χ3n) is 5.69. The van der Waals surface area contributed by atoms with Gasteiger partial charge >= 0.3 is 0 Å². The molecule has 1 aliphatic heterocycles. The van der Waals surface area contributed by atoms with E-state index >= 15 is 0 Å². The van der Waals surface area contributed by atoms with E-state index in [4.69, 9.17) is 0 Å². The van der Waals surface area contributed by atoms with Gasteiger partial charge in [-0.15, -0.1) is 10.2 Å². The van der Waals surface area contributed by atoms with Crippen LogP contribution in [0.1, 0.15) is 49.7 Å². The maximum atomic E-state index is 14.8. The van der Waals surface area contributed by atoms with Crippen molar-refractivity contribution in [3.05, 3.63) is 81.5 Å². The van der Waals surface area contributed by atoms with Gasteiger partial charge in [0, 0.05) is 18.4 Å². The fraction of sp³-hybridized carbons (Fsp3) is 0.333. The topological polar surface area (TPSA) is 79.7 Å². The van der Waals surface area contributed by atoms with E-state index in [1.807, 2.05) is 49.9 Å². The second-order valence-corrected chi connectivity index (χ2v) is 7.77. The van der Waals surface area contributed by atoms with Gasteiger partial charge in [0.25, 0.3) is 5.56 Å². The fourth-order valence-corrected chi connectivity index (χ4v) is 4.32. The highest BCUT2D eigenvalue weighted by molar-refractivity contribution is 5.83. The van der Waals surface area contributed by atoms with Crippen LogP contribution in [0.4, 0.5) is 10.1 Å². The molecule has 2 aromatic heterocycles.